The maximum atomic E-state index is 5.73. The van der Waals surface area contributed by atoms with Crippen LogP contribution in [0.5, 0.6) is 0 Å². The number of hydrogen-bond donors (Lipinski definition) is 1. The number of nitrogens with one attached hydrogen (secondary N) is 1. The number of rotatable bonds is 8. The Balaban J connectivity index is 4.17. The molecule has 0 amide bonds. The first-order valence-electron chi connectivity index (χ1n) is 6.29. The molecule has 2 heteroatoms. The van der Waals surface area contributed by atoms with Crippen molar-refractivity contribution in [3.05, 3.63) is 0 Å². The van der Waals surface area contributed by atoms with Gasteiger partial charge in [0, 0.05) is 6.04 Å². The van der Waals surface area contributed by atoms with Crippen molar-refractivity contribution in [3.63, 3.8) is 0 Å². The van der Waals surface area contributed by atoms with Crippen LogP contribution in [-0.2, 0) is 4.74 Å². The molecule has 92 valence electrons. The topological polar surface area (TPSA) is 21.3 Å². The van der Waals surface area contributed by atoms with E-state index in [-0.39, 0.29) is 0 Å². The second-order valence-electron chi connectivity index (χ2n) is 5.23. The van der Waals surface area contributed by atoms with E-state index in [0.29, 0.717) is 17.6 Å². The average molecular weight is 215 g/mol. The Labute approximate surface area is 95.8 Å². The minimum atomic E-state index is 0.310. The molecule has 15 heavy (non-hydrogen) atoms. The zero-order valence-corrected chi connectivity index (χ0v) is 11.4. The first kappa shape index (κ1) is 14.9. The van der Waals surface area contributed by atoms with Crippen molar-refractivity contribution in [3.8, 4) is 0 Å². The van der Waals surface area contributed by atoms with E-state index in [9.17, 15) is 0 Å². The quantitative estimate of drug-likeness (QED) is 0.671. The Kier molecular flexibility index (Phi) is 7.20. The van der Waals surface area contributed by atoms with Crippen LogP contribution in [0.25, 0.3) is 0 Å². The molecule has 1 N–H and O–H groups in total. The molecule has 0 spiro atoms. The van der Waals surface area contributed by atoms with E-state index in [0.717, 1.165) is 13.2 Å². The zero-order valence-electron chi connectivity index (χ0n) is 11.4. The number of hydrogen-bond acceptors (Lipinski definition) is 2. The van der Waals surface area contributed by atoms with Crippen molar-refractivity contribution in [2.45, 2.75) is 66.5 Å². The Bertz CT molecular complexity index is 155. The molecule has 0 bridgehead atoms. The van der Waals surface area contributed by atoms with E-state index in [1.807, 2.05) is 0 Å². The van der Waals surface area contributed by atoms with Gasteiger partial charge in [-0.1, -0.05) is 27.7 Å². The van der Waals surface area contributed by atoms with Gasteiger partial charge in [-0.3, -0.25) is 0 Å². The summed E-state index contributed by atoms with van der Waals surface area (Å²) in [6.07, 6.45) is 2.68. The van der Waals surface area contributed by atoms with Gasteiger partial charge in [0.2, 0.25) is 0 Å². The summed E-state index contributed by atoms with van der Waals surface area (Å²) in [4.78, 5) is 0. The summed E-state index contributed by atoms with van der Waals surface area (Å²) < 4.78 is 5.73. The summed E-state index contributed by atoms with van der Waals surface area (Å²) in [7, 11) is 0. The molecule has 0 heterocycles. The van der Waals surface area contributed by atoms with Gasteiger partial charge in [-0.2, -0.15) is 0 Å². The molecule has 0 fully saturated rings. The fourth-order valence-electron chi connectivity index (χ4n) is 1.41. The van der Waals surface area contributed by atoms with Crippen LogP contribution in [0, 0.1) is 5.41 Å². The van der Waals surface area contributed by atoms with Crippen LogP contribution in [0.3, 0.4) is 0 Å². The highest BCUT2D eigenvalue weighted by molar-refractivity contribution is 4.83. The fraction of sp³-hybridized carbons (Fsp3) is 1.00. The van der Waals surface area contributed by atoms with E-state index in [4.69, 9.17) is 4.74 Å². The highest BCUT2D eigenvalue weighted by atomic mass is 16.5. The lowest BCUT2D eigenvalue weighted by molar-refractivity contribution is 0.0309. The van der Waals surface area contributed by atoms with Crippen LogP contribution in [0.4, 0.5) is 0 Å². The molecule has 0 saturated heterocycles. The lowest BCUT2D eigenvalue weighted by Gasteiger charge is -2.34. The lowest BCUT2D eigenvalue weighted by Crippen LogP contribution is -2.45. The Morgan fingerprint density at radius 2 is 1.80 bits per heavy atom. The van der Waals surface area contributed by atoms with Crippen LogP contribution in [0.15, 0.2) is 0 Å². The van der Waals surface area contributed by atoms with Gasteiger partial charge >= 0.3 is 0 Å². The molecule has 1 unspecified atom stereocenters. The maximum Gasteiger partial charge on any atom is 0.0628 e. The van der Waals surface area contributed by atoms with Crippen LogP contribution in [0.1, 0.15) is 54.4 Å². The predicted molar refractivity (Wildman–Crippen MR) is 67.2 cm³/mol. The summed E-state index contributed by atoms with van der Waals surface area (Å²) >= 11 is 0. The van der Waals surface area contributed by atoms with Crippen LogP contribution in [-0.4, -0.2) is 25.3 Å². The fourth-order valence-corrected chi connectivity index (χ4v) is 1.41. The predicted octanol–water partition coefficient (Wildman–Crippen LogP) is 3.22. The normalized spacial score (nSPS) is 14.6. The van der Waals surface area contributed by atoms with Crippen molar-refractivity contribution in [1.29, 1.82) is 0 Å². The van der Waals surface area contributed by atoms with Gasteiger partial charge < -0.3 is 10.1 Å². The van der Waals surface area contributed by atoms with Crippen LogP contribution in [0.2, 0.25) is 0 Å². The van der Waals surface area contributed by atoms with Gasteiger partial charge in [0.1, 0.15) is 0 Å². The van der Waals surface area contributed by atoms with Gasteiger partial charge in [0.05, 0.1) is 12.7 Å². The molecule has 2 nitrogen and oxygen atoms in total. The van der Waals surface area contributed by atoms with Crippen LogP contribution >= 0.6 is 0 Å². The van der Waals surface area contributed by atoms with Crippen LogP contribution < -0.4 is 5.32 Å². The molecule has 0 aliphatic heterocycles. The molecule has 0 aliphatic rings. The SMILES string of the molecule is CCCNC(COC(C)C)C(C)(C)CC. The molecular formula is C13H29NO. The monoisotopic (exact) mass is 215 g/mol. The molecule has 0 aliphatic carbocycles. The first-order valence-corrected chi connectivity index (χ1v) is 6.29. The molecule has 0 rings (SSSR count). The Morgan fingerprint density at radius 1 is 1.20 bits per heavy atom. The molecule has 0 radical (unpaired) electrons. The average Bonchev–Trinajstić information content (AvgIpc) is 2.17. The standard InChI is InChI=1S/C13H29NO/c1-7-9-14-12(10-15-11(3)4)13(5,6)8-2/h11-12,14H,7-10H2,1-6H3. The third-order valence-electron chi connectivity index (χ3n) is 3.09. The molecular weight excluding hydrogens is 186 g/mol. The minimum absolute atomic E-state index is 0.310. The molecule has 0 saturated carbocycles. The summed E-state index contributed by atoms with van der Waals surface area (Å²) in [5.41, 5.74) is 0.310. The Hall–Kier alpha value is -0.0800. The van der Waals surface area contributed by atoms with E-state index in [2.05, 4.69) is 46.9 Å². The van der Waals surface area contributed by atoms with Crippen molar-refractivity contribution in [2.24, 2.45) is 5.41 Å². The molecule has 1 atom stereocenters. The third-order valence-corrected chi connectivity index (χ3v) is 3.09. The zero-order chi connectivity index (χ0) is 11.9. The molecule has 0 aromatic heterocycles. The van der Waals surface area contributed by atoms with Crippen molar-refractivity contribution in [2.75, 3.05) is 13.2 Å². The van der Waals surface area contributed by atoms with Crippen molar-refractivity contribution in [1.82, 2.24) is 5.32 Å². The van der Waals surface area contributed by atoms with E-state index in [1.165, 1.54) is 12.8 Å². The smallest absolute Gasteiger partial charge is 0.0628 e. The molecule has 0 aromatic carbocycles. The summed E-state index contributed by atoms with van der Waals surface area (Å²) in [5.74, 6) is 0. The summed E-state index contributed by atoms with van der Waals surface area (Å²) in [6.45, 7) is 15.1. The van der Waals surface area contributed by atoms with E-state index in [1.54, 1.807) is 0 Å². The second-order valence-corrected chi connectivity index (χ2v) is 5.23. The maximum absolute atomic E-state index is 5.73. The highest BCUT2D eigenvalue weighted by Gasteiger charge is 2.27. The lowest BCUT2D eigenvalue weighted by atomic mass is 9.82. The Morgan fingerprint density at radius 3 is 2.20 bits per heavy atom. The van der Waals surface area contributed by atoms with Gasteiger partial charge in [-0.05, 0) is 38.6 Å². The minimum Gasteiger partial charge on any atom is -0.377 e. The van der Waals surface area contributed by atoms with E-state index < -0.39 is 0 Å². The summed E-state index contributed by atoms with van der Waals surface area (Å²) in [6, 6.07) is 0.463. The summed E-state index contributed by atoms with van der Waals surface area (Å²) in [5, 5.41) is 3.59. The third kappa shape index (κ3) is 6.16. The largest absolute Gasteiger partial charge is 0.377 e. The van der Waals surface area contributed by atoms with Gasteiger partial charge in [-0.25, -0.2) is 0 Å². The van der Waals surface area contributed by atoms with Gasteiger partial charge in [-0.15, -0.1) is 0 Å². The van der Waals surface area contributed by atoms with E-state index >= 15 is 0 Å². The first-order chi connectivity index (χ1) is 6.94. The molecule has 0 aromatic rings. The van der Waals surface area contributed by atoms with Gasteiger partial charge in [0.25, 0.3) is 0 Å². The highest BCUT2D eigenvalue weighted by Crippen LogP contribution is 2.25. The van der Waals surface area contributed by atoms with Crippen molar-refractivity contribution >= 4 is 0 Å². The second kappa shape index (κ2) is 7.24. The van der Waals surface area contributed by atoms with Crippen molar-refractivity contribution < 1.29 is 4.74 Å². The van der Waals surface area contributed by atoms with Gasteiger partial charge in [0.15, 0.2) is 0 Å². The number of ether oxygens (including phenoxy) is 1.